The fourth-order valence-electron chi connectivity index (χ4n) is 3.52. The summed E-state index contributed by atoms with van der Waals surface area (Å²) < 4.78 is 10.8. The number of ether oxygens (including phenoxy) is 2. The molecule has 0 spiro atoms. The zero-order valence-electron chi connectivity index (χ0n) is 15.4. The fourth-order valence-corrected chi connectivity index (χ4v) is 4.38. The number of quaternary nitrogens is 1. The van der Waals surface area contributed by atoms with Crippen LogP contribution in [0.3, 0.4) is 0 Å². The van der Waals surface area contributed by atoms with Crippen molar-refractivity contribution >= 4 is 17.7 Å². The Morgan fingerprint density at radius 1 is 1.04 bits per heavy atom. The van der Waals surface area contributed by atoms with Crippen molar-refractivity contribution in [3.05, 3.63) is 54.1 Å². The van der Waals surface area contributed by atoms with Crippen LogP contribution in [0.5, 0.6) is 11.5 Å². The van der Waals surface area contributed by atoms with Gasteiger partial charge < -0.3 is 19.3 Å². The molecule has 1 N–H and O–H groups in total. The molecule has 2 aromatic rings. The topological polar surface area (TPSA) is 43.2 Å². The molecule has 142 valence electrons. The molecule has 5 nitrogen and oxygen atoms in total. The van der Waals surface area contributed by atoms with E-state index in [1.54, 1.807) is 11.8 Å². The van der Waals surface area contributed by atoms with Gasteiger partial charge in [0.15, 0.2) is 11.5 Å². The van der Waals surface area contributed by atoms with E-state index in [2.05, 4.69) is 24.3 Å². The van der Waals surface area contributed by atoms with Crippen LogP contribution in [0, 0.1) is 0 Å². The third kappa shape index (κ3) is 4.76. The minimum absolute atomic E-state index is 0.278. The third-order valence-corrected chi connectivity index (χ3v) is 6.06. The molecule has 2 heterocycles. The molecule has 1 amide bonds. The number of nitrogens with one attached hydrogen (secondary N) is 1. The van der Waals surface area contributed by atoms with Crippen LogP contribution in [0.4, 0.5) is 0 Å². The molecule has 2 aliphatic rings. The maximum absolute atomic E-state index is 12.5. The second kappa shape index (κ2) is 8.67. The van der Waals surface area contributed by atoms with Gasteiger partial charge in [-0.25, -0.2) is 0 Å². The van der Waals surface area contributed by atoms with Crippen molar-refractivity contribution in [2.75, 3.05) is 38.7 Å². The lowest BCUT2D eigenvalue weighted by molar-refractivity contribution is -0.917. The van der Waals surface area contributed by atoms with Crippen LogP contribution in [-0.4, -0.2) is 49.5 Å². The molecule has 2 aliphatic heterocycles. The second-order valence-electron chi connectivity index (χ2n) is 6.91. The van der Waals surface area contributed by atoms with Crippen LogP contribution in [0.15, 0.2) is 53.4 Å². The number of thioether (sulfide) groups is 1. The Labute approximate surface area is 164 Å². The normalized spacial score (nSPS) is 16.5. The zero-order valence-corrected chi connectivity index (χ0v) is 16.2. The average Bonchev–Trinajstić information content (AvgIpc) is 3.17. The maximum atomic E-state index is 12.5. The van der Waals surface area contributed by atoms with Gasteiger partial charge in [0.05, 0.1) is 26.2 Å². The van der Waals surface area contributed by atoms with Crippen LogP contribution in [0.25, 0.3) is 0 Å². The fraction of sp³-hybridized carbons (Fsp3) is 0.381. The smallest absolute Gasteiger partial charge is 0.231 e. The maximum Gasteiger partial charge on any atom is 0.231 e. The lowest BCUT2D eigenvalue weighted by atomic mass is 10.1. The van der Waals surface area contributed by atoms with Gasteiger partial charge in [-0.1, -0.05) is 18.2 Å². The minimum atomic E-state index is 0.278. The zero-order chi connectivity index (χ0) is 18.5. The second-order valence-corrected chi connectivity index (χ2v) is 8.08. The Bertz CT molecular complexity index is 776. The first kappa shape index (κ1) is 18.2. The highest BCUT2D eigenvalue weighted by atomic mass is 32.2. The van der Waals surface area contributed by atoms with Crippen molar-refractivity contribution in [3.63, 3.8) is 0 Å². The summed E-state index contributed by atoms with van der Waals surface area (Å²) in [5.41, 5.74) is 1.26. The number of amides is 1. The number of carbonyl (C=O) groups excluding carboxylic acids is 1. The Balaban J connectivity index is 1.20. The molecule has 0 bridgehead atoms. The van der Waals surface area contributed by atoms with E-state index in [1.165, 1.54) is 15.4 Å². The number of hydrogen-bond acceptors (Lipinski definition) is 4. The van der Waals surface area contributed by atoms with E-state index in [0.29, 0.717) is 13.2 Å². The first-order valence-electron chi connectivity index (χ1n) is 9.46. The highest BCUT2D eigenvalue weighted by Gasteiger charge is 2.24. The van der Waals surface area contributed by atoms with Crippen LogP contribution in [0.1, 0.15) is 12.0 Å². The highest BCUT2D eigenvalue weighted by Crippen LogP contribution is 2.32. The van der Waals surface area contributed by atoms with E-state index >= 15 is 0 Å². The van der Waals surface area contributed by atoms with Crippen LogP contribution >= 0.6 is 11.8 Å². The van der Waals surface area contributed by atoms with Crippen LogP contribution in [0.2, 0.25) is 0 Å². The molecule has 0 unspecified atom stereocenters. The molecule has 2 aromatic carbocycles. The summed E-state index contributed by atoms with van der Waals surface area (Å²) in [7, 11) is 0. The summed E-state index contributed by atoms with van der Waals surface area (Å²) >= 11 is 1.75. The molecule has 0 aromatic heterocycles. The van der Waals surface area contributed by atoms with Crippen molar-refractivity contribution in [1.82, 2.24) is 4.90 Å². The number of piperazine rings is 1. The summed E-state index contributed by atoms with van der Waals surface area (Å²) in [4.78, 5) is 17.2. The summed E-state index contributed by atoms with van der Waals surface area (Å²) in [5, 5.41) is 0. The highest BCUT2D eigenvalue weighted by molar-refractivity contribution is 7.99. The summed E-state index contributed by atoms with van der Waals surface area (Å²) in [6, 6.07) is 16.4. The van der Waals surface area contributed by atoms with Gasteiger partial charge in [0.2, 0.25) is 12.7 Å². The molecule has 1 saturated heterocycles. The van der Waals surface area contributed by atoms with E-state index in [0.717, 1.165) is 50.0 Å². The lowest BCUT2D eigenvalue weighted by Crippen LogP contribution is -3.13. The number of nitrogens with zero attached hydrogens (tertiary/aromatic N) is 1. The van der Waals surface area contributed by atoms with Crippen molar-refractivity contribution in [2.24, 2.45) is 0 Å². The third-order valence-electron chi connectivity index (χ3n) is 5.04. The van der Waals surface area contributed by atoms with E-state index in [-0.39, 0.29) is 5.91 Å². The lowest BCUT2D eigenvalue weighted by Gasteiger charge is -2.32. The number of benzene rings is 2. The Morgan fingerprint density at radius 2 is 1.81 bits per heavy atom. The number of hydrogen-bond donors (Lipinski definition) is 1. The molecule has 1 fully saturated rings. The van der Waals surface area contributed by atoms with Crippen LogP contribution in [-0.2, 0) is 11.3 Å². The molecule has 6 heteroatoms. The predicted molar refractivity (Wildman–Crippen MR) is 105 cm³/mol. The molecular weight excluding hydrogens is 360 g/mol. The SMILES string of the molecule is O=C(CCSc1ccccc1)N1CC[NH+](Cc2ccc3c(c2)OCO3)CC1. The van der Waals surface area contributed by atoms with Crippen molar-refractivity contribution < 1.29 is 19.2 Å². The number of fused-ring (bicyclic) bond motifs is 1. The number of carbonyl (C=O) groups is 1. The first-order chi connectivity index (χ1) is 13.3. The van der Waals surface area contributed by atoms with Gasteiger partial charge in [-0.05, 0) is 30.3 Å². The standard InChI is InChI=1S/C21H24N2O3S/c24-21(8-13-27-18-4-2-1-3-5-18)23-11-9-22(10-12-23)15-17-6-7-19-20(14-17)26-16-25-19/h1-7,14H,8-13,15-16H2/p+1. The summed E-state index contributed by atoms with van der Waals surface area (Å²) in [5.74, 6) is 2.79. The van der Waals surface area contributed by atoms with Gasteiger partial charge in [-0.2, -0.15) is 0 Å². The minimum Gasteiger partial charge on any atom is -0.454 e. The van der Waals surface area contributed by atoms with E-state index in [4.69, 9.17) is 9.47 Å². The van der Waals surface area contributed by atoms with Gasteiger partial charge in [0, 0.05) is 22.6 Å². The van der Waals surface area contributed by atoms with Crippen molar-refractivity contribution in [2.45, 2.75) is 17.9 Å². The molecule has 0 atom stereocenters. The van der Waals surface area contributed by atoms with E-state index in [1.807, 2.05) is 29.2 Å². The van der Waals surface area contributed by atoms with Crippen LogP contribution < -0.4 is 14.4 Å². The average molecular weight is 386 g/mol. The molecule has 0 radical (unpaired) electrons. The summed E-state index contributed by atoms with van der Waals surface area (Å²) in [6.07, 6.45) is 0.608. The van der Waals surface area contributed by atoms with Gasteiger partial charge >= 0.3 is 0 Å². The van der Waals surface area contributed by atoms with Gasteiger partial charge in [0.1, 0.15) is 6.54 Å². The van der Waals surface area contributed by atoms with Gasteiger partial charge in [-0.3, -0.25) is 4.79 Å². The Morgan fingerprint density at radius 3 is 2.63 bits per heavy atom. The predicted octanol–water partition coefficient (Wildman–Crippen LogP) is 1.82. The Hall–Kier alpha value is -2.18. The molecule has 27 heavy (non-hydrogen) atoms. The largest absolute Gasteiger partial charge is 0.454 e. The Kier molecular flexibility index (Phi) is 5.84. The molecule has 0 saturated carbocycles. The van der Waals surface area contributed by atoms with E-state index in [9.17, 15) is 4.79 Å². The van der Waals surface area contributed by atoms with Crippen molar-refractivity contribution in [1.29, 1.82) is 0 Å². The van der Waals surface area contributed by atoms with Gasteiger partial charge in [0.25, 0.3) is 0 Å². The first-order valence-corrected chi connectivity index (χ1v) is 10.4. The van der Waals surface area contributed by atoms with Gasteiger partial charge in [-0.15, -0.1) is 11.8 Å². The molecule has 0 aliphatic carbocycles. The molecular formula is C21H25N2O3S+. The van der Waals surface area contributed by atoms with Crippen molar-refractivity contribution in [3.8, 4) is 11.5 Å². The molecule has 4 rings (SSSR count). The van der Waals surface area contributed by atoms with E-state index < -0.39 is 0 Å². The number of rotatable bonds is 6. The monoisotopic (exact) mass is 385 g/mol. The quantitative estimate of drug-likeness (QED) is 0.771. The summed E-state index contributed by atoms with van der Waals surface area (Å²) in [6.45, 7) is 4.94.